The predicted molar refractivity (Wildman–Crippen MR) is 60.7 cm³/mol. The Morgan fingerprint density at radius 1 is 1.41 bits per heavy atom. The molecule has 0 saturated carbocycles. The fraction of sp³-hybridized carbons (Fsp3) is 0.167. The molecule has 0 spiro atoms. The van der Waals surface area contributed by atoms with Crippen LogP contribution in [-0.4, -0.2) is 9.55 Å². The van der Waals surface area contributed by atoms with Crippen LogP contribution in [0, 0.1) is 6.08 Å². The van der Waals surface area contributed by atoms with Gasteiger partial charge in [-0.25, -0.2) is 4.79 Å². The lowest BCUT2D eigenvalue weighted by Gasteiger charge is -1.99. The van der Waals surface area contributed by atoms with Gasteiger partial charge in [-0.2, -0.15) is 0 Å². The van der Waals surface area contributed by atoms with E-state index in [2.05, 4.69) is 11.1 Å². The summed E-state index contributed by atoms with van der Waals surface area (Å²) >= 11 is 0. The molecule has 84 valence electrons. The lowest BCUT2D eigenvalue weighted by Crippen LogP contribution is -2.34. The van der Waals surface area contributed by atoms with E-state index in [1.165, 1.54) is 7.05 Å². The molecule has 0 radical (unpaired) electrons. The summed E-state index contributed by atoms with van der Waals surface area (Å²) in [6.45, 7) is 0. The second-order valence-electron chi connectivity index (χ2n) is 3.86. The van der Waals surface area contributed by atoms with Crippen molar-refractivity contribution in [1.29, 1.82) is 0 Å². The van der Waals surface area contributed by atoms with Crippen LogP contribution in [0.1, 0.15) is 11.5 Å². The molecule has 5 nitrogen and oxygen atoms in total. The third-order valence-electron chi connectivity index (χ3n) is 2.83. The molecule has 5 heteroatoms. The number of hydrogen-bond donors (Lipinski definition) is 1. The molecule has 1 N–H and O–H groups in total. The molecule has 1 atom stereocenters. The molecule has 1 unspecified atom stereocenters. The summed E-state index contributed by atoms with van der Waals surface area (Å²) < 4.78 is 6.50. The number of aromatic amines is 1. The van der Waals surface area contributed by atoms with Gasteiger partial charge in [0.15, 0.2) is 12.0 Å². The summed E-state index contributed by atoms with van der Waals surface area (Å²) in [4.78, 5) is 26.0. The Morgan fingerprint density at radius 2 is 2.24 bits per heavy atom. The quantitative estimate of drug-likeness (QED) is 0.653. The zero-order chi connectivity index (χ0) is 12.0. The lowest BCUT2D eigenvalue weighted by molar-refractivity contribution is 0.419. The predicted octanol–water partition coefficient (Wildman–Crippen LogP) is 0.363. The van der Waals surface area contributed by atoms with Crippen molar-refractivity contribution in [3.63, 3.8) is 0 Å². The average molecular weight is 229 g/mol. The molecule has 0 bridgehead atoms. The van der Waals surface area contributed by atoms with Crippen molar-refractivity contribution in [3.05, 3.63) is 62.5 Å². The summed E-state index contributed by atoms with van der Waals surface area (Å²) in [7, 11) is 1.43. The number of ether oxygens (including phenoxy) is 1. The van der Waals surface area contributed by atoms with E-state index in [9.17, 15) is 9.59 Å². The summed E-state index contributed by atoms with van der Waals surface area (Å²) in [6.07, 6.45) is 10.2. The van der Waals surface area contributed by atoms with Crippen molar-refractivity contribution in [1.82, 2.24) is 9.55 Å². The van der Waals surface area contributed by atoms with Gasteiger partial charge in [-0.05, 0) is 0 Å². The van der Waals surface area contributed by atoms with E-state index in [0.29, 0.717) is 11.3 Å². The molecule has 3 rings (SSSR count). The Labute approximate surface area is 96.4 Å². The van der Waals surface area contributed by atoms with Crippen LogP contribution in [-0.2, 0) is 7.05 Å². The minimum Gasteiger partial charge on any atom is -0.441 e. The first-order valence-electron chi connectivity index (χ1n) is 5.15. The molecule has 17 heavy (non-hydrogen) atoms. The van der Waals surface area contributed by atoms with Crippen molar-refractivity contribution < 1.29 is 4.74 Å². The first-order valence-corrected chi connectivity index (χ1v) is 5.15. The fourth-order valence-electron chi connectivity index (χ4n) is 1.93. The molecule has 1 aliphatic carbocycles. The second-order valence-corrected chi connectivity index (χ2v) is 3.86. The number of hydrogen-bond acceptors (Lipinski definition) is 3. The molecule has 0 aromatic carbocycles. The molecule has 1 aromatic rings. The minimum absolute atomic E-state index is 0.227. The van der Waals surface area contributed by atoms with Gasteiger partial charge < -0.3 is 4.74 Å². The standard InChI is InChI=1S/C12H8N2O3/c1-14-11(15)9-7-5-3-2-4-6-8(7)17-10(9)13-12(14)16/h2-4,6-7H,1H3/p+1. The molecule has 2 heterocycles. The van der Waals surface area contributed by atoms with Crippen LogP contribution in [0.25, 0.3) is 0 Å². The molecule has 0 saturated heterocycles. The molecule has 0 fully saturated rings. The van der Waals surface area contributed by atoms with E-state index >= 15 is 0 Å². The second kappa shape index (κ2) is 3.30. The maximum atomic E-state index is 12.0. The van der Waals surface area contributed by atoms with E-state index in [1.54, 1.807) is 18.2 Å². The zero-order valence-electron chi connectivity index (χ0n) is 9.06. The highest BCUT2D eigenvalue weighted by Crippen LogP contribution is 2.37. The van der Waals surface area contributed by atoms with E-state index in [1.807, 2.05) is 6.08 Å². The van der Waals surface area contributed by atoms with Gasteiger partial charge in [-0.3, -0.25) is 14.3 Å². The summed E-state index contributed by atoms with van der Waals surface area (Å²) in [5, 5.41) is 0. The number of aromatic nitrogens is 2. The SMILES string of the molecule is Cn1c(=O)[nH]c2c(c1=O)C1[C+]=CC=CC=C1O2. The third-order valence-corrected chi connectivity index (χ3v) is 2.83. The minimum atomic E-state index is -0.481. The van der Waals surface area contributed by atoms with Crippen LogP contribution in [0.15, 0.2) is 39.7 Å². The Balaban J connectivity index is 2.31. The largest absolute Gasteiger partial charge is 0.441 e. The van der Waals surface area contributed by atoms with Gasteiger partial charge in [0.1, 0.15) is 11.3 Å². The Bertz CT molecular complexity index is 689. The number of nitrogens with one attached hydrogen (secondary N) is 1. The topological polar surface area (TPSA) is 64.1 Å². The van der Waals surface area contributed by atoms with Crippen LogP contribution in [0.4, 0.5) is 0 Å². The van der Waals surface area contributed by atoms with Gasteiger partial charge in [0, 0.05) is 19.2 Å². The average Bonchev–Trinajstić information content (AvgIpc) is 2.49. The van der Waals surface area contributed by atoms with E-state index in [0.717, 1.165) is 4.57 Å². The smallest absolute Gasteiger partial charge is 0.330 e. The van der Waals surface area contributed by atoms with Gasteiger partial charge in [-0.15, -0.1) is 0 Å². The van der Waals surface area contributed by atoms with Gasteiger partial charge in [0.25, 0.3) is 5.56 Å². The molecule has 1 aliphatic heterocycles. The summed E-state index contributed by atoms with van der Waals surface area (Å²) in [5.74, 6) is 0.491. The van der Waals surface area contributed by atoms with Crippen LogP contribution in [0.2, 0.25) is 0 Å². The molecule has 0 amide bonds. The Morgan fingerprint density at radius 3 is 3.06 bits per heavy atom. The summed E-state index contributed by atoms with van der Waals surface area (Å²) in [5.41, 5.74) is -0.399. The maximum Gasteiger partial charge on any atom is 0.330 e. The summed E-state index contributed by atoms with van der Waals surface area (Å²) in [6, 6.07) is 0. The highest BCUT2D eigenvalue weighted by molar-refractivity contribution is 5.44. The van der Waals surface area contributed by atoms with Crippen molar-refractivity contribution in [2.75, 3.05) is 0 Å². The zero-order valence-corrected chi connectivity index (χ0v) is 9.06. The van der Waals surface area contributed by atoms with Gasteiger partial charge in [0.2, 0.25) is 5.88 Å². The maximum absolute atomic E-state index is 12.0. The van der Waals surface area contributed by atoms with Crippen molar-refractivity contribution in [2.24, 2.45) is 7.05 Å². The van der Waals surface area contributed by atoms with E-state index < -0.39 is 5.69 Å². The monoisotopic (exact) mass is 229 g/mol. The Kier molecular flexibility index (Phi) is 1.90. The van der Waals surface area contributed by atoms with Crippen molar-refractivity contribution >= 4 is 0 Å². The van der Waals surface area contributed by atoms with Crippen LogP contribution < -0.4 is 16.0 Å². The number of nitrogens with zero attached hydrogens (tertiary/aromatic N) is 1. The highest BCUT2D eigenvalue weighted by Gasteiger charge is 2.37. The van der Waals surface area contributed by atoms with E-state index in [4.69, 9.17) is 4.74 Å². The normalized spacial score (nSPS) is 19.8. The van der Waals surface area contributed by atoms with Crippen molar-refractivity contribution in [3.8, 4) is 5.88 Å². The molecular formula is C12H9N2O3+. The third kappa shape index (κ3) is 1.30. The number of fused-ring (bicyclic) bond motifs is 3. The molecule has 1 aromatic heterocycles. The van der Waals surface area contributed by atoms with Crippen LogP contribution >= 0.6 is 0 Å². The lowest BCUT2D eigenvalue weighted by atomic mass is 10.0. The molecule has 2 aliphatic rings. The first kappa shape index (κ1) is 9.81. The molecular weight excluding hydrogens is 220 g/mol. The number of allylic oxidation sites excluding steroid dienone is 5. The van der Waals surface area contributed by atoms with Gasteiger partial charge in [-0.1, -0.05) is 0 Å². The number of H-pyrrole nitrogens is 1. The van der Waals surface area contributed by atoms with Gasteiger partial charge >= 0.3 is 5.69 Å². The Hall–Kier alpha value is -2.39. The fourth-order valence-corrected chi connectivity index (χ4v) is 1.93. The van der Waals surface area contributed by atoms with Crippen LogP contribution in [0.5, 0.6) is 5.88 Å². The number of rotatable bonds is 0. The first-order chi connectivity index (χ1) is 8.18. The highest BCUT2D eigenvalue weighted by atomic mass is 16.5. The van der Waals surface area contributed by atoms with Gasteiger partial charge in [0.05, 0.1) is 12.2 Å². The van der Waals surface area contributed by atoms with Crippen molar-refractivity contribution in [2.45, 2.75) is 5.92 Å². The van der Waals surface area contributed by atoms with E-state index in [-0.39, 0.29) is 17.4 Å². The van der Waals surface area contributed by atoms with Crippen LogP contribution in [0.3, 0.4) is 0 Å².